The molecule has 2 aromatic rings. The van der Waals surface area contributed by atoms with Crippen LogP contribution in [0.5, 0.6) is 0 Å². The summed E-state index contributed by atoms with van der Waals surface area (Å²) in [5.41, 5.74) is 0.118. The van der Waals surface area contributed by atoms with E-state index >= 15 is 0 Å². The molecule has 1 aliphatic heterocycles. The van der Waals surface area contributed by atoms with E-state index in [0.717, 1.165) is 12.8 Å². The van der Waals surface area contributed by atoms with Crippen molar-refractivity contribution in [1.82, 2.24) is 9.88 Å². The van der Waals surface area contributed by atoms with Crippen LogP contribution in [0.4, 0.5) is 0 Å². The highest BCUT2D eigenvalue weighted by atomic mass is 16.5. The maximum Gasteiger partial charge on any atom is 0.255 e. The summed E-state index contributed by atoms with van der Waals surface area (Å²) < 4.78 is 5.50. The molecule has 0 bridgehead atoms. The summed E-state index contributed by atoms with van der Waals surface area (Å²) in [6, 6.07) is 7.15. The van der Waals surface area contributed by atoms with Gasteiger partial charge in [0.25, 0.3) is 11.5 Å². The molecule has 2 atom stereocenters. The molecule has 1 aromatic heterocycles. The Balaban J connectivity index is 1.58. The molecule has 2 aliphatic rings. The van der Waals surface area contributed by atoms with E-state index in [1.165, 1.54) is 6.20 Å². The first-order chi connectivity index (χ1) is 12.1. The van der Waals surface area contributed by atoms with Gasteiger partial charge in [0.15, 0.2) is 0 Å². The number of hydrogen-bond acceptors (Lipinski definition) is 4. The van der Waals surface area contributed by atoms with Crippen LogP contribution in [-0.2, 0) is 4.74 Å². The second-order valence-electron chi connectivity index (χ2n) is 7.08. The van der Waals surface area contributed by atoms with E-state index < -0.39 is 0 Å². The summed E-state index contributed by atoms with van der Waals surface area (Å²) in [5, 5.41) is 11.4. The van der Waals surface area contributed by atoms with E-state index in [0.29, 0.717) is 35.8 Å². The number of aromatic nitrogens is 1. The molecule has 6 heteroatoms. The number of ether oxygens (including phenoxy) is 1. The Morgan fingerprint density at radius 1 is 1.28 bits per heavy atom. The first kappa shape index (κ1) is 16.3. The highest BCUT2D eigenvalue weighted by Gasteiger charge is 2.56. The monoisotopic (exact) mass is 342 g/mol. The van der Waals surface area contributed by atoms with Crippen molar-refractivity contribution < 1.29 is 14.6 Å². The Labute approximate surface area is 145 Å². The Hall–Kier alpha value is -2.18. The molecule has 1 aliphatic carbocycles. The number of methoxy groups -OCH3 is 1. The molecule has 1 saturated carbocycles. The minimum absolute atomic E-state index is 0.0775. The van der Waals surface area contributed by atoms with Crippen LogP contribution in [-0.4, -0.2) is 53.3 Å². The molecule has 1 saturated heterocycles. The number of aromatic amines is 1. The fourth-order valence-electron chi connectivity index (χ4n) is 4.40. The molecule has 2 fully saturated rings. The summed E-state index contributed by atoms with van der Waals surface area (Å²) in [7, 11) is 1.68. The zero-order valence-electron chi connectivity index (χ0n) is 14.2. The number of piperidine rings is 1. The topological polar surface area (TPSA) is 82.6 Å². The van der Waals surface area contributed by atoms with E-state index in [4.69, 9.17) is 4.74 Å². The van der Waals surface area contributed by atoms with E-state index in [1.54, 1.807) is 25.3 Å². The van der Waals surface area contributed by atoms with Gasteiger partial charge in [0, 0.05) is 49.0 Å². The van der Waals surface area contributed by atoms with Gasteiger partial charge < -0.3 is 19.7 Å². The number of H-pyrrole nitrogens is 1. The summed E-state index contributed by atoms with van der Waals surface area (Å²) in [4.78, 5) is 29.4. The van der Waals surface area contributed by atoms with Gasteiger partial charge >= 0.3 is 0 Å². The molecular weight excluding hydrogens is 320 g/mol. The van der Waals surface area contributed by atoms with Crippen molar-refractivity contribution in [2.24, 2.45) is 5.41 Å². The number of hydrogen-bond donors (Lipinski definition) is 2. The lowest BCUT2D eigenvalue weighted by Gasteiger charge is -2.56. The molecule has 2 heterocycles. The van der Waals surface area contributed by atoms with Crippen LogP contribution >= 0.6 is 0 Å². The van der Waals surface area contributed by atoms with Crippen molar-refractivity contribution >= 4 is 16.7 Å². The first-order valence-corrected chi connectivity index (χ1v) is 8.67. The number of aliphatic hydroxyl groups excluding tert-OH is 1. The highest BCUT2D eigenvalue weighted by molar-refractivity contribution is 6.06. The highest BCUT2D eigenvalue weighted by Crippen LogP contribution is 2.50. The second-order valence-corrected chi connectivity index (χ2v) is 7.08. The summed E-state index contributed by atoms with van der Waals surface area (Å²) in [6.07, 6.45) is 3.39. The van der Waals surface area contributed by atoms with Gasteiger partial charge in [-0.15, -0.1) is 0 Å². The maximum absolute atomic E-state index is 13.0. The van der Waals surface area contributed by atoms with Crippen molar-refractivity contribution in [3.05, 3.63) is 46.4 Å². The van der Waals surface area contributed by atoms with Gasteiger partial charge in [0.2, 0.25) is 0 Å². The lowest BCUT2D eigenvalue weighted by Crippen LogP contribution is -2.62. The Morgan fingerprint density at radius 2 is 1.96 bits per heavy atom. The molecule has 1 aromatic carbocycles. The number of nitrogens with one attached hydrogen (secondary N) is 1. The number of amides is 1. The number of carbonyl (C=O) groups is 1. The fraction of sp³-hybridized carbons (Fsp3) is 0.474. The van der Waals surface area contributed by atoms with E-state index in [2.05, 4.69) is 4.98 Å². The largest absolute Gasteiger partial charge is 0.392 e. The number of aliphatic hydroxyl groups is 1. The van der Waals surface area contributed by atoms with Crippen LogP contribution in [0.25, 0.3) is 10.8 Å². The first-order valence-electron chi connectivity index (χ1n) is 8.67. The molecule has 6 nitrogen and oxygen atoms in total. The fourth-order valence-corrected chi connectivity index (χ4v) is 4.40. The number of likely N-dealkylation sites (tertiary alicyclic amines) is 1. The molecule has 4 rings (SSSR count). The normalized spacial score (nSPS) is 25.1. The predicted octanol–water partition coefficient (Wildman–Crippen LogP) is 1.53. The minimum Gasteiger partial charge on any atom is -0.392 e. The zero-order valence-corrected chi connectivity index (χ0v) is 14.2. The van der Waals surface area contributed by atoms with Gasteiger partial charge in [-0.1, -0.05) is 18.2 Å². The lowest BCUT2D eigenvalue weighted by molar-refractivity contribution is -0.199. The SMILES string of the molecule is CO[C@@H]1C[C@H](O)C12CCN(C(=O)c1c[nH]c(=O)c3ccccc13)CC2. The lowest BCUT2D eigenvalue weighted by atomic mass is 9.58. The molecule has 0 unspecified atom stereocenters. The van der Waals surface area contributed by atoms with Crippen LogP contribution in [0.1, 0.15) is 29.6 Å². The standard InChI is InChI=1S/C19H22N2O4/c1-25-16-10-15(22)19(16)6-8-21(9-7-19)18(24)14-11-20-17(23)13-5-3-2-4-12(13)14/h2-5,11,15-16,22H,6-10H2,1H3,(H,20,23)/t15-,16+/m0/s1. The smallest absolute Gasteiger partial charge is 0.255 e. The quantitative estimate of drug-likeness (QED) is 0.867. The molecule has 1 spiro atoms. The van der Waals surface area contributed by atoms with E-state index in [1.807, 2.05) is 11.0 Å². The molecule has 1 amide bonds. The van der Waals surface area contributed by atoms with Crippen LogP contribution in [0.15, 0.2) is 35.3 Å². The summed E-state index contributed by atoms with van der Waals surface area (Å²) in [5.74, 6) is -0.0786. The van der Waals surface area contributed by atoms with Gasteiger partial charge in [0.05, 0.1) is 17.8 Å². The van der Waals surface area contributed by atoms with Gasteiger partial charge in [-0.05, 0) is 18.9 Å². The van der Waals surface area contributed by atoms with Crippen molar-refractivity contribution in [3.8, 4) is 0 Å². The predicted molar refractivity (Wildman–Crippen MR) is 93.6 cm³/mol. The van der Waals surface area contributed by atoms with Gasteiger partial charge in [-0.3, -0.25) is 9.59 Å². The van der Waals surface area contributed by atoms with Crippen LogP contribution < -0.4 is 5.56 Å². The molecule has 0 radical (unpaired) electrons. The number of rotatable bonds is 2. The number of carbonyl (C=O) groups excluding carboxylic acids is 1. The Morgan fingerprint density at radius 3 is 2.60 bits per heavy atom. The van der Waals surface area contributed by atoms with Crippen LogP contribution in [0.2, 0.25) is 0 Å². The van der Waals surface area contributed by atoms with Crippen LogP contribution in [0.3, 0.4) is 0 Å². The van der Waals surface area contributed by atoms with Crippen molar-refractivity contribution in [2.75, 3.05) is 20.2 Å². The number of pyridine rings is 1. The average Bonchev–Trinajstić information content (AvgIpc) is 2.66. The van der Waals surface area contributed by atoms with Gasteiger partial charge in [-0.25, -0.2) is 0 Å². The van der Waals surface area contributed by atoms with Crippen molar-refractivity contribution in [2.45, 2.75) is 31.5 Å². The zero-order chi connectivity index (χ0) is 17.6. The van der Waals surface area contributed by atoms with E-state index in [-0.39, 0.29) is 29.1 Å². The van der Waals surface area contributed by atoms with Crippen molar-refractivity contribution in [3.63, 3.8) is 0 Å². The Kier molecular flexibility index (Phi) is 3.89. The van der Waals surface area contributed by atoms with Gasteiger partial charge in [0.1, 0.15) is 0 Å². The molecule has 2 N–H and O–H groups in total. The average molecular weight is 342 g/mol. The number of nitrogens with zero attached hydrogens (tertiary/aromatic N) is 1. The van der Waals surface area contributed by atoms with E-state index in [9.17, 15) is 14.7 Å². The third kappa shape index (κ3) is 2.40. The molecule has 132 valence electrons. The van der Waals surface area contributed by atoms with Gasteiger partial charge in [-0.2, -0.15) is 0 Å². The van der Waals surface area contributed by atoms with Crippen molar-refractivity contribution in [1.29, 1.82) is 0 Å². The van der Waals surface area contributed by atoms with Crippen LogP contribution in [0, 0.1) is 5.41 Å². The molecule has 25 heavy (non-hydrogen) atoms. The second kappa shape index (κ2) is 5.97. The number of fused-ring (bicyclic) bond motifs is 1. The summed E-state index contributed by atoms with van der Waals surface area (Å²) in [6.45, 7) is 1.17. The minimum atomic E-state index is -0.344. The maximum atomic E-state index is 13.0. The third-order valence-electron chi connectivity index (χ3n) is 6.05. The molecular formula is C19H22N2O4. The number of benzene rings is 1. The third-order valence-corrected chi connectivity index (χ3v) is 6.05. The summed E-state index contributed by atoms with van der Waals surface area (Å²) >= 11 is 0. The Bertz CT molecular complexity index is 867.